The molecule has 2 rings (SSSR count). The van der Waals surface area contributed by atoms with Gasteiger partial charge in [-0.15, -0.1) is 0 Å². The van der Waals surface area contributed by atoms with Crippen LogP contribution in [0.1, 0.15) is 49.7 Å². The van der Waals surface area contributed by atoms with E-state index in [1.54, 1.807) is 12.3 Å². The lowest BCUT2D eigenvalue weighted by molar-refractivity contribution is -0.136. The number of benzene rings is 1. The Morgan fingerprint density at radius 3 is 2.46 bits per heavy atom. The molecule has 1 N–H and O–H groups in total. The number of hydroxylamine groups is 1. The van der Waals surface area contributed by atoms with Crippen LogP contribution in [0.4, 0.5) is 0 Å². The second-order valence-corrected chi connectivity index (χ2v) is 6.71. The summed E-state index contributed by atoms with van der Waals surface area (Å²) in [6, 6.07) is 8.27. The second kappa shape index (κ2) is 10.9. The number of aryl methyl sites for hydroxylation is 1. The van der Waals surface area contributed by atoms with E-state index in [1.807, 2.05) is 6.08 Å². The van der Waals surface area contributed by atoms with Gasteiger partial charge in [0.25, 0.3) is 0 Å². The predicted octanol–water partition coefficient (Wildman–Crippen LogP) is 4.45. The van der Waals surface area contributed by atoms with Gasteiger partial charge in [-0.2, -0.15) is 0 Å². The van der Waals surface area contributed by atoms with Gasteiger partial charge in [0.15, 0.2) is 0 Å². The molecule has 1 aliphatic carbocycles. The van der Waals surface area contributed by atoms with Crippen molar-refractivity contribution in [2.24, 2.45) is 5.92 Å². The van der Waals surface area contributed by atoms with Crippen molar-refractivity contribution in [3.63, 3.8) is 0 Å². The van der Waals surface area contributed by atoms with Crippen LogP contribution >= 0.6 is 11.6 Å². The van der Waals surface area contributed by atoms with Gasteiger partial charge < -0.3 is 0 Å². The van der Waals surface area contributed by atoms with E-state index in [0.717, 1.165) is 12.0 Å². The highest BCUT2D eigenvalue weighted by Crippen LogP contribution is 2.33. The Bertz CT molecular complexity index is 634. The molecule has 26 heavy (non-hydrogen) atoms. The molecule has 0 heterocycles. The van der Waals surface area contributed by atoms with Gasteiger partial charge in [0.1, 0.15) is 11.6 Å². The van der Waals surface area contributed by atoms with E-state index >= 15 is 0 Å². The summed E-state index contributed by atoms with van der Waals surface area (Å²) in [5.41, 5.74) is 6.40. The summed E-state index contributed by atoms with van der Waals surface area (Å²) < 4.78 is 0. The molecule has 0 unspecified atom stereocenters. The Hall–Kier alpha value is -1.91. The summed E-state index contributed by atoms with van der Waals surface area (Å²) in [5.74, 6) is -0.310. The molecule has 5 heteroatoms. The maximum atomic E-state index is 12.4. The van der Waals surface area contributed by atoms with E-state index in [1.165, 1.54) is 11.1 Å². The Kier molecular flexibility index (Phi) is 8.59. The van der Waals surface area contributed by atoms with E-state index in [2.05, 4.69) is 36.7 Å². The van der Waals surface area contributed by atoms with Crippen molar-refractivity contribution in [1.29, 1.82) is 0 Å². The molecule has 1 aromatic rings. The topological polar surface area (TPSA) is 55.4 Å². The quantitative estimate of drug-likeness (QED) is 0.393. The predicted molar refractivity (Wildman–Crippen MR) is 104 cm³/mol. The van der Waals surface area contributed by atoms with Crippen LogP contribution in [0.3, 0.4) is 0 Å². The Morgan fingerprint density at radius 1 is 1.15 bits per heavy atom. The fourth-order valence-electron chi connectivity index (χ4n) is 3.18. The van der Waals surface area contributed by atoms with Gasteiger partial charge in [0.2, 0.25) is 0 Å². The van der Waals surface area contributed by atoms with Crippen molar-refractivity contribution in [2.75, 3.05) is 6.61 Å². The van der Waals surface area contributed by atoms with E-state index < -0.39 is 5.92 Å². The maximum Gasteiger partial charge on any atom is 0.143 e. The van der Waals surface area contributed by atoms with Crippen LogP contribution in [0.25, 0.3) is 0 Å². The molecular formula is C21H26ClNO3. The number of halogens is 1. The molecule has 4 nitrogen and oxygen atoms in total. The minimum absolute atomic E-state index is 0.0257. The number of hydrogen-bond donors (Lipinski definition) is 1. The van der Waals surface area contributed by atoms with Crippen LogP contribution in [0.5, 0.6) is 0 Å². The van der Waals surface area contributed by atoms with Gasteiger partial charge in [-0.3, -0.25) is 19.9 Å². The molecule has 0 spiro atoms. The van der Waals surface area contributed by atoms with Crippen molar-refractivity contribution in [1.82, 2.24) is 5.48 Å². The summed E-state index contributed by atoms with van der Waals surface area (Å²) in [5, 5.41) is 0. The zero-order chi connectivity index (χ0) is 18.8. The molecule has 0 radical (unpaired) electrons. The summed E-state index contributed by atoms with van der Waals surface area (Å²) in [6.07, 6.45) is 8.29. The lowest BCUT2D eigenvalue weighted by Crippen LogP contribution is -2.32. The fourth-order valence-corrected chi connectivity index (χ4v) is 3.25. The van der Waals surface area contributed by atoms with E-state index in [-0.39, 0.29) is 17.5 Å². The first-order valence-electron chi connectivity index (χ1n) is 9.07. The number of allylic oxidation sites excluding steroid dienone is 1. The second-order valence-electron chi connectivity index (χ2n) is 6.46. The molecule has 140 valence electrons. The van der Waals surface area contributed by atoms with E-state index in [4.69, 9.17) is 16.4 Å². The van der Waals surface area contributed by atoms with Crippen molar-refractivity contribution >= 4 is 23.2 Å². The summed E-state index contributed by atoms with van der Waals surface area (Å²) >= 11 is 5.37. The minimum atomic E-state index is -0.467. The molecule has 0 aliphatic heterocycles. The highest BCUT2D eigenvalue weighted by molar-refractivity contribution is 6.25. The molecule has 0 saturated heterocycles. The number of Topliss-reactive ketones (excluding diaryl/α,β-unsaturated/α-hetero) is 2. The van der Waals surface area contributed by atoms with E-state index in [0.29, 0.717) is 32.3 Å². The van der Waals surface area contributed by atoms with Gasteiger partial charge >= 0.3 is 0 Å². The number of nitrogens with one attached hydrogen (secondary N) is 1. The minimum Gasteiger partial charge on any atom is -0.299 e. The molecule has 1 saturated carbocycles. The normalized spacial score (nSPS) is 21.0. The lowest BCUT2D eigenvalue weighted by atomic mass is 9.75. The number of ketones is 2. The van der Waals surface area contributed by atoms with E-state index in [9.17, 15) is 9.59 Å². The molecule has 0 amide bonds. The van der Waals surface area contributed by atoms with Crippen LogP contribution in [-0.2, 0) is 20.8 Å². The van der Waals surface area contributed by atoms with Gasteiger partial charge in [-0.25, -0.2) is 0 Å². The first-order valence-corrected chi connectivity index (χ1v) is 9.51. The van der Waals surface area contributed by atoms with Crippen LogP contribution in [0, 0.1) is 5.92 Å². The summed E-state index contributed by atoms with van der Waals surface area (Å²) in [4.78, 5) is 29.9. The van der Waals surface area contributed by atoms with Gasteiger partial charge in [0, 0.05) is 24.6 Å². The van der Waals surface area contributed by atoms with Gasteiger partial charge in [-0.05, 0) is 42.4 Å². The standard InChI is InChI=1S/C21H26ClNO3/c1-2-16-7-9-17(10-8-16)18-14-20(24)19(21(25)15-18)6-3-4-12-23-26-13-5-11-22/h4-5,7-12,18-19,23H,2-3,6,13-15H2,1H3. The molecule has 0 bridgehead atoms. The molecule has 0 atom stereocenters. The number of carbonyl (C=O) groups is 2. The molecule has 0 aromatic heterocycles. The van der Waals surface area contributed by atoms with Gasteiger partial charge in [0.05, 0.1) is 12.5 Å². The number of carbonyl (C=O) groups excluding carboxylic acids is 2. The Balaban J connectivity index is 1.79. The third-order valence-electron chi connectivity index (χ3n) is 4.69. The van der Waals surface area contributed by atoms with Crippen molar-refractivity contribution in [3.05, 3.63) is 59.3 Å². The summed E-state index contributed by atoms with van der Waals surface area (Å²) in [6.45, 7) is 2.48. The lowest BCUT2D eigenvalue weighted by Gasteiger charge is -2.26. The highest BCUT2D eigenvalue weighted by Gasteiger charge is 2.35. The zero-order valence-electron chi connectivity index (χ0n) is 15.1. The van der Waals surface area contributed by atoms with Gasteiger partial charge in [-0.1, -0.05) is 48.9 Å². The number of rotatable bonds is 9. The zero-order valence-corrected chi connectivity index (χ0v) is 15.9. The molecule has 1 fully saturated rings. The van der Waals surface area contributed by atoms with Crippen molar-refractivity contribution < 1.29 is 14.4 Å². The SMILES string of the molecule is CCc1ccc(C2CC(=O)C(CCC=CNOCC=CCl)C(=O)C2)cc1. The van der Waals surface area contributed by atoms with Crippen LogP contribution in [0.15, 0.2) is 48.2 Å². The largest absolute Gasteiger partial charge is 0.299 e. The molecule has 1 aromatic carbocycles. The average molecular weight is 376 g/mol. The Labute approximate surface area is 160 Å². The maximum absolute atomic E-state index is 12.4. The molecular weight excluding hydrogens is 350 g/mol. The first-order chi connectivity index (χ1) is 12.7. The first kappa shape index (κ1) is 20.4. The van der Waals surface area contributed by atoms with Crippen LogP contribution in [-0.4, -0.2) is 18.2 Å². The third kappa shape index (κ3) is 6.11. The fraction of sp³-hybridized carbons (Fsp3) is 0.429. The Morgan fingerprint density at radius 2 is 1.85 bits per heavy atom. The van der Waals surface area contributed by atoms with Crippen LogP contribution in [0.2, 0.25) is 0 Å². The monoisotopic (exact) mass is 375 g/mol. The third-order valence-corrected chi connectivity index (χ3v) is 4.87. The van der Waals surface area contributed by atoms with Crippen molar-refractivity contribution in [2.45, 2.75) is 44.9 Å². The number of hydrogen-bond acceptors (Lipinski definition) is 4. The average Bonchev–Trinajstić information content (AvgIpc) is 2.65. The van der Waals surface area contributed by atoms with Crippen molar-refractivity contribution in [3.8, 4) is 0 Å². The van der Waals surface area contributed by atoms with Crippen LogP contribution < -0.4 is 5.48 Å². The molecule has 1 aliphatic rings. The smallest absolute Gasteiger partial charge is 0.143 e. The highest BCUT2D eigenvalue weighted by atomic mass is 35.5. The summed E-state index contributed by atoms with van der Waals surface area (Å²) in [7, 11) is 0.